The largest absolute Gasteiger partial charge is 0.462 e. The quantitative estimate of drug-likeness (QED) is 0.692. The van der Waals surface area contributed by atoms with Gasteiger partial charge in [0.2, 0.25) is 0 Å². The van der Waals surface area contributed by atoms with Crippen LogP contribution in [0, 0.1) is 5.41 Å². The third kappa shape index (κ3) is 4.48. The molecule has 2 aromatic rings. The van der Waals surface area contributed by atoms with Gasteiger partial charge in [-0.2, -0.15) is 0 Å². The number of ketones is 1. The second-order valence-corrected chi connectivity index (χ2v) is 9.21. The number of Topliss-reactive ketones (excluding diaryl/α,β-unsaturated/α-hetero) is 1. The summed E-state index contributed by atoms with van der Waals surface area (Å²) in [4.78, 5) is 26.5. The van der Waals surface area contributed by atoms with Crippen molar-refractivity contribution < 1.29 is 14.3 Å². The topological polar surface area (TPSA) is 55.4 Å². The molecule has 0 saturated carbocycles. The van der Waals surface area contributed by atoms with Crippen LogP contribution < -0.4 is 5.32 Å². The number of hydrogen-bond acceptors (Lipinski definition) is 4. The van der Waals surface area contributed by atoms with Crippen LogP contribution >= 0.6 is 0 Å². The van der Waals surface area contributed by atoms with Crippen molar-refractivity contribution in [1.29, 1.82) is 0 Å². The van der Waals surface area contributed by atoms with E-state index in [0.717, 1.165) is 28.9 Å². The van der Waals surface area contributed by atoms with Gasteiger partial charge in [0, 0.05) is 35.7 Å². The standard InChI is InChI=1S/C27H29NO3/c1-18-23(26(30)31-15-14-19-10-6-4-7-11-19)24(20-12-8-5-9-13-20)25-21(28-18)16-27(2,3)17-22(25)29/h4-13,24,28H,14-17H2,1-3H3/t24-/m0/s1. The third-order valence-electron chi connectivity index (χ3n) is 6.06. The summed E-state index contributed by atoms with van der Waals surface area (Å²) in [7, 11) is 0. The Morgan fingerprint density at radius 2 is 1.68 bits per heavy atom. The molecular formula is C27H29NO3. The van der Waals surface area contributed by atoms with Crippen molar-refractivity contribution in [2.45, 2.75) is 46.0 Å². The number of hydrogen-bond donors (Lipinski definition) is 1. The van der Waals surface area contributed by atoms with E-state index < -0.39 is 5.92 Å². The van der Waals surface area contributed by atoms with Crippen molar-refractivity contribution in [3.63, 3.8) is 0 Å². The van der Waals surface area contributed by atoms with Gasteiger partial charge in [0.25, 0.3) is 0 Å². The SMILES string of the molecule is CC1=C(C(=O)OCCc2ccccc2)[C@H](c2ccccc2)C2=C(CC(C)(C)CC2=O)N1. The van der Waals surface area contributed by atoms with Gasteiger partial charge < -0.3 is 10.1 Å². The highest BCUT2D eigenvalue weighted by Gasteiger charge is 2.43. The van der Waals surface area contributed by atoms with Gasteiger partial charge in [0.05, 0.1) is 12.2 Å². The number of allylic oxidation sites excluding steroid dienone is 3. The van der Waals surface area contributed by atoms with Crippen LogP contribution in [0.3, 0.4) is 0 Å². The Bertz CT molecular complexity index is 1050. The molecule has 0 bridgehead atoms. The first kappa shape index (κ1) is 21.1. The van der Waals surface area contributed by atoms with Crippen molar-refractivity contribution >= 4 is 11.8 Å². The fourth-order valence-electron chi connectivity index (χ4n) is 4.67. The Hall–Kier alpha value is -3.14. The summed E-state index contributed by atoms with van der Waals surface area (Å²) in [6.07, 6.45) is 1.92. The fourth-order valence-corrected chi connectivity index (χ4v) is 4.67. The maximum atomic E-state index is 13.2. The third-order valence-corrected chi connectivity index (χ3v) is 6.06. The lowest BCUT2D eigenvalue weighted by Crippen LogP contribution is -2.38. The summed E-state index contributed by atoms with van der Waals surface area (Å²) in [5.41, 5.74) is 4.92. The molecule has 0 spiro atoms. The summed E-state index contributed by atoms with van der Waals surface area (Å²) in [6, 6.07) is 19.8. The summed E-state index contributed by atoms with van der Waals surface area (Å²) in [6.45, 7) is 6.42. The molecule has 0 fully saturated rings. The number of carbonyl (C=O) groups excluding carboxylic acids is 2. The first-order valence-electron chi connectivity index (χ1n) is 10.9. The molecule has 0 unspecified atom stereocenters. The molecule has 160 valence electrons. The lowest BCUT2D eigenvalue weighted by Gasteiger charge is -2.39. The minimum absolute atomic E-state index is 0.0991. The second kappa shape index (κ2) is 8.54. The molecule has 0 saturated heterocycles. The molecule has 1 aliphatic carbocycles. The van der Waals surface area contributed by atoms with Crippen molar-refractivity contribution in [3.05, 3.63) is 94.3 Å². The predicted octanol–water partition coefficient (Wildman–Crippen LogP) is 5.08. The normalized spacial score (nSPS) is 20.2. The summed E-state index contributed by atoms with van der Waals surface area (Å²) >= 11 is 0. The number of nitrogens with one attached hydrogen (secondary N) is 1. The van der Waals surface area contributed by atoms with Gasteiger partial charge in [-0.25, -0.2) is 4.79 Å². The van der Waals surface area contributed by atoms with Crippen molar-refractivity contribution in [3.8, 4) is 0 Å². The van der Waals surface area contributed by atoms with Crippen LogP contribution in [0.25, 0.3) is 0 Å². The molecule has 2 aliphatic rings. The van der Waals surface area contributed by atoms with Crippen LogP contribution in [-0.4, -0.2) is 18.4 Å². The molecule has 4 nitrogen and oxygen atoms in total. The van der Waals surface area contributed by atoms with Crippen LogP contribution in [0.4, 0.5) is 0 Å². The molecule has 0 aromatic heterocycles. The maximum Gasteiger partial charge on any atom is 0.336 e. The smallest absolute Gasteiger partial charge is 0.336 e. The zero-order chi connectivity index (χ0) is 22.0. The number of benzene rings is 2. The molecule has 0 amide bonds. The zero-order valence-electron chi connectivity index (χ0n) is 18.4. The van der Waals surface area contributed by atoms with Crippen LogP contribution in [0.2, 0.25) is 0 Å². The van der Waals surface area contributed by atoms with E-state index >= 15 is 0 Å². The minimum atomic E-state index is -0.398. The van der Waals surface area contributed by atoms with E-state index in [-0.39, 0.29) is 17.2 Å². The molecule has 31 heavy (non-hydrogen) atoms. The van der Waals surface area contributed by atoms with Gasteiger partial charge in [-0.05, 0) is 29.9 Å². The fraction of sp³-hybridized carbons (Fsp3) is 0.333. The van der Waals surface area contributed by atoms with Gasteiger partial charge >= 0.3 is 5.97 Å². The van der Waals surface area contributed by atoms with E-state index in [4.69, 9.17) is 4.74 Å². The number of carbonyl (C=O) groups is 2. The van der Waals surface area contributed by atoms with Gasteiger partial charge in [-0.15, -0.1) is 0 Å². The van der Waals surface area contributed by atoms with Gasteiger partial charge in [0.1, 0.15) is 0 Å². The number of ether oxygens (including phenoxy) is 1. The van der Waals surface area contributed by atoms with Crippen LogP contribution in [0.15, 0.2) is 83.2 Å². The summed E-state index contributed by atoms with van der Waals surface area (Å²) in [5, 5.41) is 3.38. The molecule has 0 radical (unpaired) electrons. The molecular weight excluding hydrogens is 386 g/mol. The van der Waals surface area contributed by atoms with Crippen molar-refractivity contribution in [2.24, 2.45) is 5.41 Å². The molecule has 1 N–H and O–H groups in total. The average Bonchev–Trinajstić information content (AvgIpc) is 2.73. The highest BCUT2D eigenvalue weighted by molar-refractivity contribution is 6.04. The van der Waals surface area contributed by atoms with E-state index in [9.17, 15) is 9.59 Å². The molecule has 4 rings (SSSR count). The number of dihydropyridines is 1. The first-order valence-corrected chi connectivity index (χ1v) is 10.9. The predicted molar refractivity (Wildman–Crippen MR) is 121 cm³/mol. The van der Waals surface area contributed by atoms with Gasteiger partial charge in [-0.1, -0.05) is 74.5 Å². The average molecular weight is 416 g/mol. The number of rotatable bonds is 5. The first-order chi connectivity index (χ1) is 14.9. The Labute approximate surface area is 184 Å². The van der Waals surface area contributed by atoms with Crippen molar-refractivity contribution in [1.82, 2.24) is 5.32 Å². The molecule has 1 atom stereocenters. The lowest BCUT2D eigenvalue weighted by molar-refractivity contribution is -0.139. The van der Waals surface area contributed by atoms with Crippen LogP contribution in [0.5, 0.6) is 0 Å². The zero-order valence-corrected chi connectivity index (χ0v) is 18.4. The van der Waals surface area contributed by atoms with Gasteiger partial charge in [-0.3, -0.25) is 4.79 Å². The number of esters is 1. The van der Waals surface area contributed by atoms with Crippen LogP contribution in [0.1, 0.15) is 50.7 Å². The minimum Gasteiger partial charge on any atom is -0.462 e. The van der Waals surface area contributed by atoms with E-state index in [2.05, 4.69) is 19.2 Å². The monoisotopic (exact) mass is 415 g/mol. The highest BCUT2D eigenvalue weighted by Crippen LogP contribution is 2.46. The molecule has 1 aliphatic heterocycles. The lowest BCUT2D eigenvalue weighted by atomic mass is 9.68. The molecule has 1 heterocycles. The maximum absolute atomic E-state index is 13.2. The van der Waals surface area contributed by atoms with Crippen LogP contribution in [-0.2, 0) is 20.7 Å². The van der Waals surface area contributed by atoms with Crippen molar-refractivity contribution in [2.75, 3.05) is 6.61 Å². The Kier molecular flexibility index (Phi) is 5.81. The Balaban J connectivity index is 1.64. The van der Waals surface area contributed by atoms with Gasteiger partial charge in [0.15, 0.2) is 5.78 Å². The molecule has 4 heteroatoms. The summed E-state index contributed by atoms with van der Waals surface area (Å²) < 4.78 is 5.69. The van der Waals surface area contributed by atoms with E-state index in [0.29, 0.717) is 30.6 Å². The van der Waals surface area contributed by atoms with E-state index in [1.807, 2.05) is 67.6 Å². The Morgan fingerprint density at radius 3 is 2.35 bits per heavy atom. The molecule has 2 aromatic carbocycles. The second-order valence-electron chi connectivity index (χ2n) is 9.21. The summed E-state index contributed by atoms with van der Waals surface area (Å²) in [5.74, 6) is -0.654. The Morgan fingerprint density at radius 1 is 1.03 bits per heavy atom. The highest BCUT2D eigenvalue weighted by atomic mass is 16.5. The van der Waals surface area contributed by atoms with E-state index in [1.165, 1.54) is 0 Å². The van der Waals surface area contributed by atoms with E-state index in [1.54, 1.807) is 0 Å².